The number of halogens is 2. The Morgan fingerprint density at radius 2 is 1.93 bits per heavy atom. The fourth-order valence-electron chi connectivity index (χ4n) is 2.35. The van der Waals surface area contributed by atoms with Gasteiger partial charge in [-0.05, 0) is 29.8 Å². The van der Waals surface area contributed by atoms with Crippen LogP contribution in [0.5, 0.6) is 0 Å². The second-order valence-corrected chi connectivity index (χ2v) is 6.37. The first-order valence-electron chi connectivity index (χ1n) is 7.82. The van der Waals surface area contributed by atoms with Gasteiger partial charge in [-0.1, -0.05) is 35.3 Å². The van der Waals surface area contributed by atoms with Gasteiger partial charge in [0.05, 0.1) is 28.4 Å². The zero-order chi connectivity index (χ0) is 19.4. The molecule has 0 unspecified atom stereocenters. The molecule has 0 spiro atoms. The van der Waals surface area contributed by atoms with Crippen molar-refractivity contribution in [1.82, 2.24) is 9.38 Å². The first-order valence-corrected chi connectivity index (χ1v) is 8.57. The number of rotatable bonds is 5. The fourth-order valence-corrected chi connectivity index (χ4v) is 2.88. The number of pyridine rings is 1. The van der Waals surface area contributed by atoms with Crippen molar-refractivity contribution in [2.75, 3.05) is 7.11 Å². The van der Waals surface area contributed by atoms with Crippen molar-refractivity contribution in [3.8, 4) is 0 Å². The third-order valence-electron chi connectivity index (χ3n) is 3.63. The average Bonchev–Trinajstić information content (AvgIpc) is 3.07. The lowest BCUT2D eigenvalue weighted by molar-refractivity contribution is -0.139. The third-order valence-corrected chi connectivity index (χ3v) is 4.11. The van der Waals surface area contributed by atoms with Crippen molar-refractivity contribution >= 4 is 46.9 Å². The van der Waals surface area contributed by atoms with Crippen LogP contribution in [0.3, 0.4) is 0 Å². The molecule has 3 aromatic rings. The van der Waals surface area contributed by atoms with Crippen LogP contribution >= 0.6 is 23.2 Å². The number of hydrogen-bond acceptors (Lipinski definition) is 5. The highest BCUT2D eigenvalue weighted by atomic mass is 35.5. The van der Waals surface area contributed by atoms with Crippen molar-refractivity contribution in [1.29, 1.82) is 0 Å². The standard InChI is InChI=1S/C19H14Cl2N2O4/c1-26-19(25)13-5-2-12(3-6-13)4-7-17(24)27-11-15-10-23-9-14(20)8-16(21)18(23)22-15/h2-10H,11H2,1H3/b7-4+. The molecule has 8 heteroatoms. The molecule has 0 bridgehead atoms. The van der Waals surface area contributed by atoms with E-state index in [1.54, 1.807) is 53.2 Å². The number of methoxy groups -OCH3 is 1. The molecular weight excluding hydrogens is 391 g/mol. The lowest BCUT2D eigenvalue weighted by atomic mass is 10.1. The maximum absolute atomic E-state index is 11.9. The first-order chi connectivity index (χ1) is 13.0. The maximum atomic E-state index is 11.9. The molecule has 0 aliphatic rings. The summed E-state index contributed by atoms with van der Waals surface area (Å²) in [4.78, 5) is 27.6. The lowest BCUT2D eigenvalue weighted by Gasteiger charge is -2.00. The highest BCUT2D eigenvalue weighted by Crippen LogP contribution is 2.22. The molecule has 0 aliphatic heterocycles. The Labute approximate surface area is 164 Å². The van der Waals surface area contributed by atoms with Gasteiger partial charge < -0.3 is 13.9 Å². The number of fused-ring (bicyclic) bond motifs is 1. The molecule has 0 amide bonds. The predicted octanol–water partition coefficient (Wildman–Crippen LogP) is 4.18. The van der Waals surface area contributed by atoms with Crippen LogP contribution in [-0.4, -0.2) is 28.4 Å². The van der Waals surface area contributed by atoms with E-state index in [0.717, 1.165) is 5.56 Å². The molecule has 2 heterocycles. The molecule has 0 saturated carbocycles. The summed E-state index contributed by atoms with van der Waals surface area (Å²) in [5.74, 6) is -0.938. The van der Waals surface area contributed by atoms with Crippen LogP contribution in [0.1, 0.15) is 21.6 Å². The number of hydrogen-bond donors (Lipinski definition) is 0. The summed E-state index contributed by atoms with van der Waals surface area (Å²) in [5, 5.41) is 0.893. The Morgan fingerprint density at radius 3 is 2.63 bits per heavy atom. The summed E-state index contributed by atoms with van der Waals surface area (Å²) in [5.41, 5.74) is 2.26. The molecule has 0 aliphatic carbocycles. The fraction of sp³-hybridized carbons (Fsp3) is 0.105. The Bertz CT molecular complexity index is 1030. The smallest absolute Gasteiger partial charge is 0.337 e. The second kappa shape index (κ2) is 8.24. The van der Waals surface area contributed by atoms with E-state index >= 15 is 0 Å². The van der Waals surface area contributed by atoms with Crippen molar-refractivity contribution in [2.24, 2.45) is 0 Å². The van der Waals surface area contributed by atoms with Crippen LogP contribution in [0.25, 0.3) is 11.7 Å². The molecule has 3 rings (SSSR count). The van der Waals surface area contributed by atoms with E-state index < -0.39 is 11.9 Å². The number of ether oxygens (including phenoxy) is 2. The van der Waals surface area contributed by atoms with E-state index in [1.165, 1.54) is 13.2 Å². The van der Waals surface area contributed by atoms with Gasteiger partial charge in [-0.15, -0.1) is 0 Å². The third kappa shape index (κ3) is 4.67. The summed E-state index contributed by atoms with van der Waals surface area (Å²) < 4.78 is 11.5. The molecule has 6 nitrogen and oxygen atoms in total. The zero-order valence-electron chi connectivity index (χ0n) is 14.2. The zero-order valence-corrected chi connectivity index (χ0v) is 15.7. The summed E-state index contributed by atoms with van der Waals surface area (Å²) >= 11 is 12.0. The molecule has 0 atom stereocenters. The number of esters is 2. The summed E-state index contributed by atoms with van der Waals surface area (Å²) in [6.45, 7) is 0.0000791. The Balaban J connectivity index is 1.60. The summed E-state index contributed by atoms with van der Waals surface area (Å²) in [7, 11) is 1.32. The van der Waals surface area contributed by atoms with Crippen LogP contribution in [0.4, 0.5) is 0 Å². The van der Waals surface area contributed by atoms with Crippen LogP contribution in [-0.2, 0) is 20.9 Å². The van der Waals surface area contributed by atoms with Gasteiger partial charge >= 0.3 is 11.9 Å². The van der Waals surface area contributed by atoms with Gasteiger partial charge in [0.2, 0.25) is 0 Å². The molecule has 0 radical (unpaired) electrons. The highest BCUT2D eigenvalue weighted by Gasteiger charge is 2.08. The molecule has 27 heavy (non-hydrogen) atoms. The van der Waals surface area contributed by atoms with Crippen molar-refractivity contribution < 1.29 is 19.1 Å². The predicted molar refractivity (Wildman–Crippen MR) is 102 cm³/mol. The Hall–Kier alpha value is -2.83. The van der Waals surface area contributed by atoms with E-state index in [2.05, 4.69) is 9.72 Å². The second-order valence-electron chi connectivity index (χ2n) is 5.52. The maximum Gasteiger partial charge on any atom is 0.337 e. The number of nitrogens with zero attached hydrogens (tertiary/aromatic N) is 2. The topological polar surface area (TPSA) is 69.9 Å². The van der Waals surface area contributed by atoms with Gasteiger partial charge in [0.1, 0.15) is 6.61 Å². The van der Waals surface area contributed by atoms with E-state index in [4.69, 9.17) is 27.9 Å². The number of carbonyl (C=O) groups is 2. The van der Waals surface area contributed by atoms with Gasteiger partial charge in [0.25, 0.3) is 0 Å². The number of carbonyl (C=O) groups excluding carboxylic acids is 2. The van der Waals surface area contributed by atoms with Crippen molar-refractivity contribution in [3.63, 3.8) is 0 Å². The first kappa shape index (κ1) is 18.9. The molecule has 2 aromatic heterocycles. The number of benzene rings is 1. The minimum atomic E-state index is -0.520. The van der Waals surface area contributed by atoms with Crippen molar-refractivity contribution in [2.45, 2.75) is 6.61 Å². The van der Waals surface area contributed by atoms with E-state index in [0.29, 0.717) is 26.9 Å². The molecule has 1 aromatic carbocycles. The number of aromatic nitrogens is 2. The van der Waals surface area contributed by atoms with Crippen LogP contribution in [0, 0.1) is 0 Å². The van der Waals surface area contributed by atoms with Crippen LogP contribution < -0.4 is 0 Å². The van der Waals surface area contributed by atoms with Gasteiger partial charge in [-0.25, -0.2) is 14.6 Å². The van der Waals surface area contributed by atoms with E-state index in [9.17, 15) is 9.59 Å². The lowest BCUT2D eigenvalue weighted by Crippen LogP contribution is -2.01. The van der Waals surface area contributed by atoms with E-state index in [-0.39, 0.29) is 6.61 Å². The SMILES string of the molecule is COC(=O)c1ccc(/C=C/C(=O)OCc2cn3cc(Cl)cc(Cl)c3n2)cc1. The monoisotopic (exact) mass is 404 g/mol. The summed E-state index contributed by atoms with van der Waals surface area (Å²) in [6.07, 6.45) is 6.24. The number of imidazole rings is 1. The van der Waals surface area contributed by atoms with Gasteiger partial charge in [-0.3, -0.25) is 0 Å². The average molecular weight is 405 g/mol. The summed E-state index contributed by atoms with van der Waals surface area (Å²) in [6, 6.07) is 8.22. The highest BCUT2D eigenvalue weighted by molar-refractivity contribution is 6.36. The quantitative estimate of drug-likeness (QED) is 0.471. The van der Waals surface area contributed by atoms with Crippen LogP contribution in [0.2, 0.25) is 10.0 Å². The molecule has 0 saturated heterocycles. The Morgan fingerprint density at radius 1 is 1.19 bits per heavy atom. The minimum Gasteiger partial charge on any atom is -0.465 e. The minimum absolute atomic E-state index is 0.0000791. The van der Waals surface area contributed by atoms with Gasteiger partial charge in [0.15, 0.2) is 5.65 Å². The van der Waals surface area contributed by atoms with Crippen LogP contribution in [0.15, 0.2) is 48.8 Å². The molecule has 0 fully saturated rings. The molecular formula is C19H14Cl2N2O4. The van der Waals surface area contributed by atoms with Crippen molar-refractivity contribution in [3.05, 3.63) is 75.7 Å². The van der Waals surface area contributed by atoms with Gasteiger partial charge in [0, 0.05) is 18.5 Å². The molecule has 138 valence electrons. The normalized spacial score (nSPS) is 11.1. The molecule has 0 N–H and O–H groups in total. The largest absolute Gasteiger partial charge is 0.465 e. The Kier molecular flexibility index (Phi) is 5.78. The van der Waals surface area contributed by atoms with Gasteiger partial charge in [-0.2, -0.15) is 0 Å². The van der Waals surface area contributed by atoms with E-state index in [1.807, 2.05) is 0 Å².